The molecule has 0 radical (unpaired) electrons. The van der Waals surface area contributed by atoms with Crippen LogP contribution in [0.3, 0.4) is 0 Å². The first-order valence-corrected chi connectivity index (χ1v) is 9.22. The molecule has 2 heterocycles. The molecule has 0 bridgehead atoms. The number of aromatic nitrogens is 2. The lowest BCUT2D eigenvalue weighted by atomic mass is 9.95. The highest BCUT2D eigenvalue weighted by Gasteiger charge is 2.26. The van der Waals surface area contributed by atoms with Crippen LogP contribution in [0.2, 0.25) is 5.02 Å². The molecular formula is C21H22ClN3. The van der Waals surface area contributed by atoms with Crippen LogP contribution in [0.5, 0.6) is 0 Å². The van der Waals surface area contributed by atoms with Crippen molar-refractivity contribution in [3.05, 3.63) is 82.9 Å². The molecule has 0 fully saturated rings. The van der Waals surface area contributed by atoms with Crippen molar-refractivity contribution >= 4 is 17.3 Å². The molecular weight excluding hydrogens is 330 g/mol. The van der Waals surface area contributed by atoms with Crippen LogP contribution in [0.1, 0.15) is 29.7 Å². The van der Waals surface area contributed by atoms with Gasteiger partial charge in [-0.1, -0.05) is 41.9 Å². The maximum atomic E-state index is 6.21. The summed E-state index contributed by atoms with van der Waals surface area (Å²) in [6, 6.07) is 15.1. The quantitative estimate of drug-likeness (QED) is 0.661. The molecule has 0 spiro atoms. The molecule has 0 saturated heterocycles. The summed E-state index contributed by atoms with van der Waals surface area (Å²) in [6.45, 7) is 4.38. The van der Waals surface area contributed by atoms with Gasteiger partial charge in [-0.05, 0) is 48.6 Å². The Morgan fingerprint density at radius 2 is 2.08 bits per heavy atom. The number of anilines is 1. The predicted octanol–water partition coefficient (Wildman–Crippen LogP) is 4.75. The molecule has 0 amide bonds. The van der Waals surface area contributed by atoms with Gasteiger partial charge < -0.3 is 9.47 Å². The molecule has 3 nitrogen and oxygen atoms in total. The van der Waals surface area contributed by atoms with Crippen molar-refractivity contribution in [1.29, 1.82) is 0 Å². The van der Waals surface area contributed by atoms with Gasteiger partial charge in [0.15, 0.2) is 0 Å². The zero-order chi connectivity index (χ0) is 17.2. The Bertz CT molecular complexity index is 857. The van der Waals surface area contributed by atoms with Crippen molar-refractivity contribution in [3.8, 4) is 0 Å². The third-order valence-electron chi connectivity index (χ3n) is 5.06. The van der Waals surface area contributed by atoms with E-state index in [1.807, 2.05) is 24.7 Å². The van der Waals surface area contributed by atoms with E-state index in [0.29, 0.717) is 0 Å². The molecule has 128 valence electrons. The number of hydrogen-bond donors (Lipinski definition) is 0. The standard InChI is InChI=1S/C21H22ClN3/c1-2-24-11-9-17-6-4-8-19(21(17)24)20(25-12-10-23-15-25)14-16-5-3-7-18(22)13-16/h3-8,10,12-13,15,20H,2,9,11,14H2,1H3. The minimum Gasteiger partial charge on any atom is -0.371 e. The molecule has 4 rings (SSSR count). The average molecular weight is 352 g/mol. The summed E-state index contributed by atoms with van der Waals surface area (Å²) in [7, 11) is 0. The van der Waals surface area contributed by atoms with E-state index in [9.17, 15) is 0 Å². The number of para-hydroxylation sites is 1. The van der Waals surface area contributed by atoms with Gasteiger partial charge in [0.25, 0.3) is 0 Å². The summed E-state index contributed by atoms with van der Waals surface area (Å²) < 4.78 is 2.21. The summed E-state index contributed by atoms with van der Waals surface area (Å²) in [5, 5.41) is 0.787. The molecule has 1 atom stereocenters. The Morgan fingerprint density at radius 3 is 2.84 bits per heavy atom. The number of halogens is 1. The van der Waals surface area contributed by atoms with Crippen molar-refractivity contribution in [2.24, 2.45) is 0 Å². The zero-order valence-electron chi connectivity index (χ0n) is 14.4. The van der Waals surface area contributed by atoms with E-state index in [0.717, 1.165) is 31.0 Å². The number of rotatable bonds is 5. The van der Waals surface area contributed by atoms with Gasteiger partial charge in [0.1, 0.15) is 0 Å². The number of benzene rings is 2. The lowest BCUT2D eigenvalue weighted by Gasteiger charge is -2.26. The Kier molecular flexibility index (Phi) is 4.50. The lowest BCUT2D eigenvalue weighted by Crippen LogP contribution is -2.23. The van der Waals surface area contributed by atoms with Crippen LogP contribution < -0.4 is 4.90 Å². The lowest BCUT2D eigenvalue weighted by molar-refractivity contribution is 0.580. The van der Waals surface area contributed by atoms with Gasteiger partial charge in [-0.25, -0.2) is 4.98 Å². The van der Waals surface area contributed by atoms with Crippen molar-refractivity contribution < 1.29 is 0 Å². The highest BCUT2D eigenvalue weighted by molar-refractivity contribution is 6.30. The second-order valence-corrected chi connectivity index (χ2v) is 6.98. The fourth-order valence-corrected chi connectivity index (χ4v) is 4.08. The van der Waals surface area contributed by atoms with Gasteiger partial charge in [-0.15, -0.1) is 0 Å². The zero-order valence-corrected chi connectivity index (χ0v) is 15.2. The Hall–Kier alpha value is -2.26. The van der Waals surface area contributed by atoms with Crippen LogP contribution in [0.25, 0.3) is 0 Å². The Balaban J connectivity index is 1.79. The van der Waals surface area contributed by atoms with Gasteiger partial charge in [0.05, 0.1) is 12.4 Å². The molecule has 1 aliphatic rings. The van der Waals surface area contributed by atoms with E-state index in [2.05, 4.69) is 57.9 Å². The maximum absolute atomic E-state index is 6.21. The molecule has 2 aromatic carbocycles. The summed E-state index contributed by atoms with van der Waals surface area (Å²) in [5.41, 5.74) is 5.47. The van der Waals surface area contributed by atoms with E-state index in [1.54, 1.807) is 0 Å². The highest BCUT2D eigenvalue weighted by atomic mass is 35.5. The number of nitrogens with zero attached hydrogens (tertiary/aromatic N) is 3. The summed E-state index contributed by atoms with van der Waals surface area (Å²) in [4.78, 5) is 6.78. The molecule has 1 aliphatic heterocycles. The average Bonchev–Trinajstić information content (AvgIpc) is 3.29. The summed E-state index contributed by atoms with van der Waals surface area (Å²) >= 11 is 6.21. The van der Waals surface area contributed by atoms with Crippen LogP contribution in [0.4, 0.5) is 5.69 Å². The fourth-order valence-electron chi connectivity index (χ4n) is 3.87. The van der Waals surface area contributed by atoms with Crippen LogP contribution in [0, 0.1) is 0 Å². The first kappa shape index (κ1) is 16.2. The van der Waals surface area contributed by atoms with Crippen molar-refractivity contribution in [3.63, 3.8) is 0 Å². The smallest absolute Gasteiger partial charge is 0.0951 e. The minimum atomic E-state index is 0.211. The first-order chi connectivity index (χ1) is 12.3. The van der Waals surface area contributed by atoms with Gasteiger partial charge in [0, 0.05) is 36.2 Å². The molecule has 1 unspecified atom stereocenters. The van der Waals surface area contributed by atoms with Crippen LogP contribution >= 0.6 is 11.6 Å². The highest BCUT2D eigenvalue weighted by Crippen LogP contribution is 2.38. The van der Waals surface area contributed by atoms with E-state index >= 15 is 0 Å². The van der Waals surface area contributed by atoms with Crippen molar-refractivity contribution in [1.82, 2.24) is 9.55 Å². The monoisotopic (exact) mass is 351 g/mol. The second-order valence-electron chi connectivity index (χ2n) is 6.54. The predicted molar refractivity (Wildman–Crippen MR) is 104 cm³/mol. The first-order valence-electron chi connectivity index (χ1n) is 8.85. The molecule has 3 aromatic rings. The molecule has 0 aliphatic carbocycles. The fraction of sp³-hybridized carbons (Fsp3) is 0.286. The third kappa shape index (κ3) is 3.16. The SMILES string of the molecule is CCN1CCc2cccc(C(Cc3cccc(Cl)c3)n3ccnc3)c21. The van der Waals surface area contributed by atoms with Gasteiger partial charge in [0.2, 0.25) is 0 Å². The second kappa shape index (κ2) is 6.93. The Labute approximate surface area is 153 Å². The number of likely N-dealkylation sites (N-methyl/N-ethyl adjacent to an activating group) is 1. The number of imidazole rings is 1. The van der Waals surface area contributed by atoms with E-state index in [1.165, 1.54) is 22.4 Å². The molecule has 0 saturated carbocycles. The van der Waals surface area contributed by atoms with E-state index in [4.69, 9.17) is 11.6 Å². The van der Waals surface area contributed by atoms with Gasteiger partial charge >= 0.3 is 0 Å². The van der Waals surface area contributed by atoms with Crippen LogP contribution in [0.15, 0.2) is 61.2 Å². The normalized spacial score (nSPS) is 14.6. The molecule has 0 N–H and O–H groups in total. The van der Waals surface area contributed by atoms with Crippen LogP contribution in [-0.4, -0.2) is 22.6 Å². The summed E-state index contributed by atoms with van der Waals surface area (Å²) in [5.74, 6) is 0. The number of hydrogen-bond acceptors (Lipinski definition) is 2. The maximum Gasteiger partial charge on any atom is 0.0951 e. The van der Waals surface area contributed by atoms with Crippen LogP contribution in [-0.2, 0) is 12.8 Å². The van der Waals surface area contributed by atoms with E-state index < -0.39 is 0 Å². The topological polar surface area (TPSA) is 21.1 Å². The van der Waals surface area contributed by atoms with Crippen molar-refractivity contribution in [2.75, 3.05) is 18.0 Å². The van der Waals surface area contributed by atoms with E-state index in [-0.39, 0.29) is 6.04 Å². The molecule has 25 heavy (non-hydrogen) atoms. The van der Waals surface area contributed by atoms with Crippen molar-refractivity contribution in [2.45, 2.75) is 25.8 Å². The number of fused-ring (bicyclic) bond motifs is 1. The summed E-state index contributed by atoms with van der Waals surface area (Å²) in [6.07, 6.45) is 7.85. The van der Waals surface area contributed by atoms with Gasteiger partial charge in [-0.3, -0.25) is 0 Å². The Morgan fingerprint density at radius 1 is 1.20 bits per heavy atom. The molecule has 4 heteroatoms. The molecule has 1 aromatic heterocycles. The minimum absolute atomic E-state index is 0.211. The third-order valence-corrected chi connectivity index (χ3v) is 5.30. The van der Waals surface area contributed by atoms with Gasteiger partial charge in [-0.2, -0.15) is 0 Å². The largest absolute Gasteiger partial charge is 0.371 e.